The Morgan fingerprint density at radius 1 is 1.32 bits per heavy atom. The molecule has 0 aliphatic heterocycles. The van der Waals surface area contributed by atoms with Crippen LogP contribution in [-0.4, -0.2) is 11.1 Å². The van der Waals surface area contributed by atoms with E-state index in [1.54, 1.807) is 6.92 Å². The lowest BCUT2D eigenvalue weighted by Gasteiger charge is -2.12. The smallest absolute Gasteiger partial charge is 0.339 e. The van der Waals surface area contributed by atoms with Gasteiger partial charge in [0.25, 0.3) is 0 Å². The normalized spacial score (nSPS) is 10.3. The van der Waals surface area contributed by atoms with Crippen LogP contribution in [0.1, 0.15) is 15.9 Å². The van der Waals surface area contributed by atoms with Gasteiger partial charge in [-0.1, -0.05) is 17.7 Å². The average molecular weight is 281 g/mol. The number of hydrogen-bond donors (Lipinski definition) is 1. The van der Waals surface area contributed by atoms with Crippen molar-refractivity contribution in [2.24, 2.45) is 0 Å². The van der Waals surface area contributed by atoms with Crippen LogP contribution >= 0.6 is 11.6 Å². The highest BCUT2D eigenvalue weighted by atomic mass is 35.5. The highest BCUT2D eigenvalue weighted by molar-refractivity contribution is 6.32. The molecule has 0 saturated heterocycles. The van der Waals surface area contributed by atoms with Crippen molar-refractivity contribution in [2.75, 3.05) is 0 Å². The van der Waals surface area contributed by atoms with E-state index in [1.165, 1.54) is 36.4 Å². The van der Waals surface area contributed by atoms with Gasteiger partial charge in [-0.15, -0.1) is 0 Å². The van der Waals surface area contributed by atoms with Crippen molar-refractivity contribution in [2.45, 2.75) is 6.92 Å². The summed E-state index contributed by atoms with van der Waals surface area (Å²) in [6, 6.07) is 8.41. The van der Waals surface area contributed by atoms with E-state index in [-0.39, 0.29) is 22.2 Å². The second-order valence-electron chi connectivity index (χ2n) is 3.93. The topological polar surface area (TPSA) is 46.5 Å². The zero-order valence-electron chi connectivity index (χ0n) is 9.98. The summed E-state index contributed by atoms with van der Waals surface area (Å²) >= 11 is 5.94. The molecule has 0 bridgehead atoms. The zero-order chi connectivity index (χ0) is 14.0. The van der Waals surface area contributed by atoms with Gasteiger partial charge < -0.3 is 9.84 Å². The summed E-state index contributed by atoms with van der Waals surface area (Å²) in [5.74, 6) is -1.12. The quantitative estimate of drug-likeness (QED) is 0.913. The maximum atomic E-state index is 13.0. The van der Waals surface area contributed by atoms with Crippen LogP contribution in [0, 0.1) is 12.7 Å². The standard InChI is InChI=1S/C14H10ClFO3/c1-8-7-9(16)5-6-12(8)19-13-10(14(17)18)3-2-4-11(13)15/h2-7H,1H3,(H,17,18). The van der Waals surface area contributed by atoms with Crippen LogP contribution in [0.3, 0.4) is 0 Å². The molecule has 19 heavy (non-hydrogen) atoms. The monoisotopic (exact) mass is 280 g/mol. The van der Waals surface area contributed by atoms with Gasteiger partial charge in [-0.25, -0.2) is 9.18 Å². The summed E-state index contributed by atoms with van der Waals surface area (Å²) in [4.78, 5) is 11.1. The van der Waals surface area contributed by atoms with Gasteiger partial charge >= 0.3 is 5.97 Å². The summed E-state index contributed by atoms with van der Waals surface area (Å²) in [6.07, 6.45) is 0. The molecule has 0 unspecified atom stereocenters. The van der Waals surface area contributed by atoms with Crippen LogP contribution in [0.5, 0.6) is 11.5 Å². The Morgan fingerprint density at radius 2 is 2.05 bits per heavy atom. The van der Waals surface area contributed by atoms with Crippen molar-refractivity contribution in [1.82, 2.24) is 0 Å². The number of carboxylic acids is 1. The fourth-order valence-electron chi connectivity index (χ4n) is 1.62. The fraction of sp³-hybridized carbons (Fsp3) is 0.0714. The van der Waals surface area contributed by atoms with Crippen molar-refractivity contribution in [3.05, 3.63) is 58.4 Å². The first-order valence-corrected chi connectivity index (χ1v) is 5.82. The van der Waals surface area contributed by atoms with Gasteiger partial charge in [0.05, 0.1) is 5.02 Å². The lowest BCUT2D eigenvalue weighted by atomic mass is 10.2. The molecule has 5 heteroatoms. The SMILES string of the molecule is Cc1cc(F)ccc1Oc1c(Cl)cccc1C(=O)O. The Hall–Kier alpha value is -2.07. The van der Waals surface area contributed by atoms with Crippen LogP contribution in [0.25, 0.3) is 0 Å². The molecule has 0 aliphatic rings. The highest BCUT2D eigenvalue weighted by Gasteiger charge is 2.16. The van der Waals surface area contributed by atoms with Gasteiger partial charge in [0.15, 0.2) is 5.75 Å². The van der Waals surface area contributed by atoms with Gasteiger partial charge in [-0.2, -0.15) is 0 Å². The number of rotatable bonds is 3. The Balaban J connectivity index is 2.46. The minimum atomic E-state index is -1.14. The molecule has 0 spiro atoms. The molecule has 0 atom stereocenters. The van der Waals surface area contributed by atoms with E-state index >= 15 is 0 Å². The Labute approximate surface area is 114 Å². The second kappa shape index (κ2) is 5.28. The van der Waals surface area contributed by atoms with E-state index in [0.29, 0.717) is 11.3 Å². The third-order valence-corrected chi connectivity index (χ3v) is 2.84. The number of hydrogen-bond acceptors (Lipinski definition) is 2. The molecule has 0 amide bonds. The number of carbonyl (C=O) groups is 1. The van der Waals surface area contributed by atoms with E-state index in [9.17, 15) is 9.18 Å². The van der Waals surface area contributed by atoms with Gasteiger partial charge in [0.2, 0.25) is 0 Å². The molecule has 0 aliphatic carbocycles. The Bertz CT molecular complexity index is 641. The molecular weight excluding hydrogens is 271 g/mol. The van der Waals surface area contributed by atoms with Gasteiger partial charge in [-0.05, 0) is 42.8 Å². The number of halogens is 2. The predicted octanol–water partition coefficient (Wildman–Crippen LogP) is 4.28. The molecule has 0 fully saturated rings. The molecule has 2 rings (SSSR count). The molecule has 98 valence electrons. The first kappa shape index (κ1) is 13.4. The Morgan fingerprint density at radius 3 is 2.68 bits per heavy atom. The number of carboxylic acid groups (broad SMARTS) is 1. The number of aryl methyl sites for hydroxylation is 1. The van der Waals surface area contributed by atoms with Crippen molar-refractivity contribution < 1.29 is 19.0 Å². The Kier molecular flexibility index (Phi) is 3.71. The molecule has 0 radical (unpaired) electrons. The third kappa shape index (κ3) is 2.85. The van der Waals surface area contributed by atoms with Crippen LogP contribution in [-0.2, 0) is 0 Å². The molecule has 0 aromatic heterocycles. The molecule has 0 heterocycles. The zero-order valence-corrected chi connectivity index (χ0v) is 10.7. The summed E-state index contributed by atoms with van der Waals surface area (Å²) in [6.45, 7) is 1.66. The maximum Gasteiger partial charge on any atom is 0.339 e. The van der Waals surface area contributed by atoms with Crippen LogP contribution in [0.15, 0.2) is 36.4 Å². The van der Waals surface area contributed by atoms with E-state index in [1.807, 2.05) is 0 Å². The first-order chi connectivity index (χ1) is 8.99. The minimum absolute atomic E-state index is 0.0452. The van der Waals surface area contributed by atoms with E-state index in [2.05, 4.69) is 0 Å². The van der Waals surface area contributed by atoms with E-state index in [0.717, 1.165) is 0 Å². The van der Waals surface area contributed by atoms with Crippen LogP contribution in [0.2, 0.25) is 5.02 Å². The summed E-state index contributed by atoms with van der Waals surface area (Å²) in [7, 11) is 0. The summed E-state index contributed by atoms with van der Waals surface area (Å²) < 4.78 is 18.5. The molecule has 2 aromatic rings. The van der Waals surface area contributed by atoms with Crippen LogP contribution in [0.4, 0.5) is 4.39 Å². The average Bonchev–Trinajstić information content (AvgIpc) is 2.34. The lowest BCUT2D eigenvalue weighted by molar-refractivity contribution is 0.0694. The predicted molar refractivity (Wildman–Crippen MR) is 69.6 cm³/mol. The summed E-state index contributed by atoms with van der Waals surface area (Å²) in [5, 5.41) is 9.27. The van der Waals surface area contributed by atoms with E-state index in [4.69, 9.17) is 21.4 Å². The first-order valence-electron chi connectivity index (χ1n) is 5.45. The fourth-order valence-corrected chi connectivity index (χ4v) is 1.83. The summed E-state index contributed by atoms with van der Waals surface area (Å²) in [5.41, 5.74) is 0.507. The second-order valence-corrected chi connectivity index (χ2v) is 4.34. The minimum Gasteiger partial charge on any atom is -0.478 e. The van der Waals surface area contributed by atoms with Crippen molar-refractivity contribution in [3.63, 3.8) is 0 Å². The number of para-hydroxylation sites is 1. The molecule has 1 N–H and O–H groups in total. The van der Waals surface area contributed by atoms with Gasteiger partial charge in [0.1, 0.15) is 17.1 Å². The number of benzene rings is 2. The van der Waals surface area contributed by atoms with E-state index < -0.39 is 5.97 Å². The highest BCUT2D eigenvalue weighted by Crippen LogP contribution is 2.34. The van der Waals surface area contributed by atoms with Gasteiger partial charge in [0, 0.05) is 0 Å². The molecule has 3 nitrogen and oxygen atoms in total. The molecular formula is C14H10ClFO3. The van der Waals surface area contributed by atoms with Crippen molar-refractivity contribution in [3.8, 4) is 11.5 Å². The largest absolute Gasteiger partial charge is 0.478 e. The van der Waals surface area contributed by atoms with Gasteiger partial charge in [-0.3, -0.25) is 0 Å². The molecule has 2 aromatic carbocycles. The number of ether oxygens (including phenoxy) is 1. The third-order valence-electron chi connectivity index (χ3n) is 2.55. The van der Waals surface area contributed by atoms with Crippen LogP contribution < -0.4 is 4.74 Å². The molecule has 0 saturated carbocycles. The number of aromatic carboxylic acids is 1. The maximum absolute atomic E-state index is 13.0. The van der Waals surface area contributed by atoms with Crippen molar-refractivity contribution in [1.29, 1.82) is 0 Å². The lowest BCUT2D eigenvalue weighted by Crippen LogP contribution is -2.01. The van der Waals surface area contributed by atoms with Crippen molar-refractivity contribution >= 4 is 17.6 Å².